The number of benzene rings is 1. The third-order valence-electron chi connectivity index (χ3n) is 2.86. The van der Waals surface area contributed by atoms with Crippen LogP contribution >= 0.6 is 0 Å². The number of amides is 2. The summed E-state index contributed by atoms with van der Waals surface area (Å²) in [5, 5.41) is 5.19. The van der Waals surface area contributed by atoms with Crippen molar-refractivity contribution >= 4 is 17.5 Å². The molecule has 0 aliphatic rings. The van der Waals surface area contributed by atoms with E-state index in [9.17, 15) is 14.0 Å². The first kappa shape index (κ1) is 16.1. The maximum atomic E-state index is 13.4. The van der Waals surface area contributed by atoms with Crippen LogP contribution in [0.4, 0.5) is 10.1 Å². The normalized spacial score (nSPS) is 12.7. The summed E-state index contributed by atoms with van der Waals surface area (Å²) in [4.78, 5) is 23.7. The number of carbonyl (C=O) groups is 2. The summed E-state index contributed by atoms with van der Waals surface area (Å²) >= 11 is 0. The van der Waals surface area contributed by atoms with Crippen molar-refractivity contribution in [1.29, 1.82) is 0 Å². The van der Waals surface area contributed by atoms with E-state index in [1.165, 1.54) is 6.07 Å². The molecule has 2 amide bonds. The Balaban J connectivity index is 2.66. The summed E-state index contributed by atoms with van der Waals surface area (Å²) in [5.41, 5.74) is 0.317. The third kappa shape index (κ3) is 4.33. The van der Waals surface area contributed by atoms with Crippen molar-refractivity contribution in [3.63, 3.8) is 0 Å². The van der Waals surface area contributed by atoms with Gasteiger partial charge < -0.3 is 10.6 Å². The van der Waals surface area contributed by atoms with Gasteiger partial charge in [0, 0.05) is 11.1 Å². The van der Waals surface area contributed by atoms with Gasteiger partial charge >= 0.3 is 0 Å². The molecule has 110 valence electrons. The lowest BCUT2D eigenvalue weighted by Gasteiger charge is -2.21. The number of hydrogen-bond donors (Lipinski definition) is 2. The molecule has 0 bridgehead atoms. The molecule has 0 spiro atoms. The molecule has 0 heterocycles. The molecule has 0 aliphatic heterocycles. The highest BCUT2D eigenvalue weighted by molar-refractivity contribution is 5.97. The van der Waals surface area contributed by atoms with Gasteiger partial charge in [-0.3, -0.25) is 9.59 Å². The van der Waals surface area contributed by atoms with Crippen molar-refractivity contribution in [2.24, 2.45) is 5.41 Å². The standard InChI is InChI=1S/C15H21FN2O2/c1-9-6-7-11(8-12(9)16)18-13(19)10(2)17-14(20)15(3,4)5/h6-8,10H,1-5H3,(H,17,20)(H,18,19). The van der Waals surface area contributed by atoms with Gasteiger partial charge in [-0.15, -0.1) is 0 Å². The van der Waals surface area contributed by atoms with Crippen LogP contribution < -0.4 is 10.6 Å². The van der Waals surface area contributed by atoms with Crippen LogP contribution in [0.1, 0.15) is 33.3 Å². The SMILES string of the molecule is Cc1ccc(NC(=O)C(C)NC(=O)C(C)(C)C)cc1F. The van der Waals surface area contributed by atoms with Crippen LogP contribution in [-0.4, -0.2) is 17.9 Å². The van der Waals surface area contributed by atoms with E-state index in [-0.39, 0.29) is 17.6 Å². The van der Waals surface area contributed by atoms with Crippen LogP contribution in [-0.2, 0) is 9.59 Å². The van der Waals surface area contributed by atoms with E-state index in [1.807, 2.05) is 0 Å². The Morgan fingerprint density at radius 3 is 2.35 bits per heavy atom. The summed E-state index contributed by atoms with van der Waals surface area (Å²) in [6.45, 7) is 8.53. The van der Waals surface area contributed by atoms with Crippen molar-refractivity contribution < 1.29 is 14.0 Å². The lowest BCUT2D eigenvalue weighted by Crippen LogP contribution is -2.46. The molecule has 1 atom stereocenters. The molecule has 1 aromatic rings. The Bertz CT molecular complexity index is 521. The number of nitrogens with one attached hydrogen (secondary N) is 2. The van der Waals surface area contributed by atoms with E-state index in [1.54, 1.807) is 46.8 Å². The first-order chi connectivity index (χ1) is 9.11. The van der Waals surface area contributed by atoms with Crippen molar-refractivity contribution in [3.05, 3.63) is 29.6 Å². The van der Waals surface area contributed by atoms with Crippen molar-refractivity contribution in [1.82, 2.24) is 5.32 Å². The fourth-order valence-corrected chi connectivity index (χ4v) is 1.40. The third-order valence-corrected chi connectivity index (χ3v) is 2.86. The van der Waals surface area contributed by atoms with E-state index < -0.39 is 11.5 Å². The average molecular weight is 280 g/mol. The van der Waals surface area contributed by atoms with Crippen LogP contribution in [0, 0.1) is 18.2 Å². The molecule has 0 aromatic heterocycles. The summed E-state index contributed by atoms with van der Waals surface area (Å²) in [6, 6.07) is 3.77. The molecule has 0 saturated heterocycles. The van der Waals surface area contributed by atoms with E-state index in [4.69, 9.17) is 0 Å². The first-order valence-electron chi connectivity index (χ1n) is 6.49. The molecular weight excluding hydrogens is 259 g/mol. The van der Waals surface area contributed by atoms with Crippen molar-refractivity contribution in [3.8, 4) is 0 Å². The predicted octanol–water partition coefficient (Wildman–Crippen LogP) is 2.62. The van der Waals surface area contributed by atoms with Crippen LogP contribution in [0.15, 0.2) is 18.2 Å². The Labute approximate surface area is 118 Å². The lowest BCUT2D eigenvalue weighted by atomic mass is 9.95. The Hall–Kier alpha value is -1.91. The number of hydrogen-bond acceptors (Lipinski definition) is 2. The zero-order valence-corrected chi connectivity index (χ0v) is 12.5. The average Bonchev–Trinajstić information content (AvgIpc) is 2.32. The number of aryl methyl sites for hydroxylation is 1. The second-order valence-corrected chi connectivity index (χ2v) is 5.90. The van der Waals surface area contributed by atoms with E-state index in [0.717, 1.165) is 0 Å². The molecule has 0 saturated carbocycles. The second kappa shape index (κ2) is 6.03. The highest BCUT2D eigenvalue weighted by atomic mass is 19.1. The van der Waals surface area contributed by atoms with Gasteiger partial charge in [0.25, 0.3) is 0 Å². The largest absolute Gasteiger partial charge is 0.344 e. The fraction of sp³-hybridized carbons (Fsp3) is 0.467. The number of carbonyl (C=O) groups excluding carboxylic acids is 2. The number of anilines is 1. The van der Waals surface area contributed by atoms with Gasteiger partial charge in [-0.2, -0.15) is 0 Å². The van der Waals surface area contributed by atoms with Gasteiger partial charge in [0.05, 0.1) is 0 Å². The molecule has 2 N–H and O–H groups in total. The number of halogens is 1. The minimum Gasteiger partial charge on any atom is -0.344 e. The van der Waals surface area contributed by atoms with Crippen LogP contribution in [0.25, 0.3) is 0 Å². The van der Waals surface area contributed by atoms with Crippen molar-refractivity contribution in [2.75, 3.05) is 5.32 Å². The first-order valence-corrected chi connectivity index (χ1v) is 6.49. The molecule has 0 fully saturated rings. The van der Waals surface area contributed by atoms with E-state index >= 15 is 0 Å². The van der Waals surface area contributed by atoms with Gasteiger partial charge in [-0.1, -0.05) is 26.8 Å². The predicted molar refractivity (Wildman–Crippen MR) is 76.8 cm³/mol. The second-order valence-electron chi connectivity index (χ2n) is 5.90. The maximum Gasteiger partial charge on any atom is 0.246 e. The van der Waals surface area contributed by atoms with Crippen LogP contribution in [0.2, 0.25) is 0 Å². The monoisotopic (exact) mass is 280 g/mol. The minimum absolute atomic E-state index is 0.213. The summed E-state index contributed by atoms with van der Waals surface area (Å²) in [6.07, 6.45) is 0. The molecule has 0 aliphatic carbocycles. The molecule has 1 unspecified atom stereocenters. The van der Waals surface area contributed by atoms with Crippen LogP contribution in [0.5, 0.6) is 0 Å². The van der Waals surface area contributed by atoms with Gasteiger partial charge in [0.2, 0.25) is 11.8 Å². The fourth-order valence-electron chi connectivity index (χ4n) is 1.40. The highest BCUT2D eigenvalue weighted by Crippen LogP contribution is 2.15. The van der Waals surface area contributed by atoms with Gasteiger partial charge in [0.15, 0.2) is 0 Å². The molecule has 20 heavy (non-hydrogen) atoms. The van der Waals surface area contributed by atoms with E-state index in [0.29, 0.717) is 11.3 Å². The van der Waals surface area contributed by atoms with Crippen LogP contribution in [0.3, 0.4) is 0 Å². The maximum absolute atomic E-state index is 13.4. The lowest BCUT2D eigenvalue weighted by molar-refractivity contribution is -0.131. The minimum atomic E-state index is -0.689. The summed E-state index contributed by atoms with van der Waals surface area (Å²) in [7, 11) is 0. The quantitative estimate of drug-likeness (QED) is 0.894. The highest BCUT2D eigenvalue weighted by Gasteiger charge is 2.25. The number of rotatable bonds is 3. The van der Waals surface area contributed by atoms with Gasteiger partial charge in [-0.05, 0) is 31.5 Å². The molecule has 4 nitrogen and oxygen atoms in total. The zero-order chi connectivity index (χ0) is 15.5. The zero-order valence-electron chi connectivity index (χ0n) is 12.5. The molecule has 1 rings (SSSR count). The Kier molecular flexibility index (Phi) is 4.87. The smallest absolute Gasteiger partial charge is 0.246 e. The van der Waals surface area contributed by atoms with Crippen molar-refractivity contribution in [2.45, 2.75) is 40.7 Å². The Morgan fingerprint density at radius 1 is 1.25 bits per heavy atom. The van der Waals surface area contributed by atoms with E-state index in [2.05, 4.69) is 10.6 Å². The topological polar surface area (TPSA) is 58.2 Å². The summed E-state index contributed by atoms with van der Waals surface area (Å²) < 4.78 is 13.4. The molecule has 1 aromatic carbocycles. The summed E-state index contributed by atoms with van der Waals surface area (Å²) in [5.74, 6) is -0.977. The molecule has 0 radical (unpaired) electrons. The van der Waals surface area contributed by atoms with Gasteiger partial charge in [-0.25, -0.2) is 4.39 Å². The molecule has 5 heteroatoms. The van der Waals surface area contributed by atoms with Gasteiger partial charge in [0.1, 0.15) is 11.9 Å². The Morgan fingerprint density at radius 2 is 1.85 bits per heavy atom. The molecular formula is C15H21FN2O2.